The van der Waals surface area contributed by atoms with Gasteiger partial charge in [0.25, 0.3) is 0 Å². The summed E-state index contributed by atoms with van der Waals surface area (Å²) >= 11 is 6.11. The molecule has 2 unspecified atom stereocenters. The number of ether oxygens (including phenoxy) is 1. The molecule has 0 spiro atoms. The maximum atomic E-state index is 12.2. The monoisotopic (exact) mass is 362 g/mol. The van der Waals surface area contributed by atoms with Crippen molar-refractivity contribution < 1.29 is 9.53 Å². The van der Waals surface area contributed by atoms with E-state index in [1.165, 1.54) is 0 Å². The summed E-state index contributed by atoms with van der Waals surface area (Å²) in [5.41, 5.74) is 6.63. The zero-order valence-corrected chi connectivity index (χ0v) is 15.8. The van der Waals surface area contributed by atoms with E-state index in [4.69, 9.17) is 22.1 Å². The molecule has 0 aliphatic heterocycles. The molecule has 6 heteroatoms. The summed E-state index contributed by atoms with van der Waals surface area (Å²) in [5.74, 6) is 1.18. The maximum Gasteiger partial charge on any atom is 0.220 e. The van der Waals surface area contributed by atoms with E-state index in [-0.39, 0.29) is 30.4 Å². The summed E-state index contributed by atoms with van der Waals surface area (Å²) < 4.78 is 5.41. The smallest absolute Gasteiger partial charge is 0.220 e. The maximum absolute atomic E-state index is 12.2. The van der Waals surface area contributed by atoms with Crippen molar-refractivity contribution in [3.8, 4) is 5.75 Å². The number of nitrogens with two attached hydrogens (primary N) is 1. The molecular weight excluding hydrogens is 335 g/mol. The van der Waals surface area contributed by atoms with Crippen LogP contribution in [0.3, 0.4) is 0 Å². The summed E-state index contributed by atoms with van der Waals surface area (Å²) in [4.78, 5) is 12.2. The standard InChI is InChI=1S/C17H27ClN2O2.ClH/c1-11(2)9-15(20-17(21)8-5-12(3)19)14-10-13(18)6-7-16(14)22-4;/h6-7,10-12,15H,5,8-9,19H2,1-4H3,(H,20,21);1H. The summed E-state index contributed by atoms with van der Waals surface area (Å²) in [6.45, 7) is 6.15. The highest BCUT2D eigenvalue weighted by Gasteiger charge is 2.20. The first-order valence-corrected chi connectivity index (χ1v) is 8.09. The number of carbonyl (C=O) groups is 1. The van der Waals surface area contributed by atoms with Gasteiger partial charge in [-0.15, -0.1) is 12.4 Å². The second kappa shape index (κ2) is 10.7. The molecule has 4 nitrogen and oxygen atoms in total. The van der Waals surface area contributed by atoms with Crippen LogP contribution in [0.5, 0.6) is 5.75 Å². The molecule has 0 aliphatic rings. The van der Waals surface area contributed by atoms with Crippen LogP contribution in [0.2, 0.25) is 5.02 Å². The molecule has 1 amide bonds. The fraction of sp³-hybridized carbons (Fsp3) is 0.588. The zero-order chi connectivity index (χ0) is 16.7. The quantitative estimate of drug-likeness (QED) is 0.731. The number of benzene rings is 1. The van der Waals surface area contributed by atoms with E-state index in [9.17, 15) is 4.79 Å². The van der Waals surface area contributed by atoms with Crippen LogP contribution in [-0.2, 0) is 4.79 Å². The van der Waals surface area contributed by atoms with Crippen molar-refractivity contribution in [3.05, 3.63) is 28.8 Å². The van der Waals surface area contributed by atoms with Crippen LogP contribution < -0.4 is 15.8 Å². The van der Waals surface area contributed by atoms with Crippen molar-refractivity contribution in [1.82, 2.24) is 5.32 Å². The van der Waals surface area contributed by atoms with Crippen molar-refractivity contribution in [2.75, 3.05) is 7.11 Å². The topological polar surface area (TPSA) is 64.3 Å². The molecule has 0 radical (unpaired) electrons. The number of rotatable bonds is 8. The third kappa shape index (κ3) is 7.91. The van der Waals surface area contributed by atoms with Crippen LogP contribution >= 0.6 is 24.0 Å². The second-order valence-electron chi connectivity index (χ2n) is 6.15. The number of amides is 1. The van der Waals surface area contributed by atoms with E-state index in [0.717, 1.165) is 17.7 Å². The van der Waals surface area contributed by atoms with Crippen molar-refractivity contribution in [3.63, 3.8) is 0 Å². The molecule has 0 saturated heterocycles. The van der Waals surface area contributed by atoms with Crippen LogP contribution in [0.15, 0.2) is 18.2 Å². The first-order valence-electron chi connectivity index (χ1n) is 7.71. The van der Waals surface area contributed by atoms with E-state index < -0.39 is 0 Å². The van der Waals surface area contributed by atoms with Gasteiger partial charge in [0.2, 0.25) is 5.91 Å². The average molecular weight is 363 g/mol. The third-order valence-corrected chi connectivity index (χ3v) is 3.67. The highest BCUT2D eigenvalue weighted by molar-refractivity contribution is 6.30. The summed E-state index contributed by atoms with van der Waals surface area (Å²) in [6, 6.07) is 5.39. The summed E-state index contributed by atoms with van der Waals surface area (Å²) in [6.07, 6.45) is 1.92. The van der Waals surface area contributed by atoms with Crippen molar-refractivity contribution >= 4 is 29.9 Å². The van der Waals surface area contributed by atoms with Gasteiger partial charge in [-0.3, -0.25) is 4.79 Å². The molecule has 0 saturated carbocycles. The molecule has 3 N–H and O–H groups in total. The van der Waals surface area contributed by atoms with Gasteiger partial charge < -0.3 is 15.8 Å². The van der Waals surface area contributed by atoms with E-state index in [0.29, 0.717) is 23.8 Å². The normalized spacial score (nSPS) is 13.2. The Bertz CT molecular complexity index is 493. The van der Waals surface area contributed by atoms with Gasteiger partial charge in [-0.1, -0.05) is 25.4 Å². The Morgan fingerprint density at radius 3 is 2.52 bits per heavy atom. The predicted molar refractivity (Wildman–Crippen MR) is 98.5 cm³/mol. The average Bonchev–Trinajstić information content (AvgIpc) is 2.44. The molecule has 1 aromatic rings. The minimum Gasteiger partial charge on any atom is -0.496 e. The Morgan fingerprint density at radius 2 is 2.00 bits per heavy atom. The van der Waals surface area contributed by atoms with Crippen molar-refractivity contribution in [2.45, 2.75) is 52.1 Å². The van der Waals surface area contributed by atoms with Gasteiger partial charge in [0.1, 0.15) is 5.75 Å². The highest BCUT2D eigenvalue weighted by Crippen LogP contribution is 2.32. The molecule has 0 fully saturated rings. The van der Waals surface area contributed by atoms with Gasteiger partial charge in [0, 0.05) is 23.0 Å². The van der Waals surface area contributed by atoms with Crippen molar-refractivity contribution in [1.29, 1.82) is 0 Å². The largest absolute Gasteiger partial charge is 0.496 e. The number of nitrogens with one attached hydrogen (secondary N) is 1. The molecule has 1 aromatic carbocycles. The first kappa shape index (κ1) is 22.0. The van der Waals surface area contributed by atoms with Crippen LogP contribution in [-0.4, -0.2) is 19.1 Å². The second-order valence-corrected chi connectivity index (χ2v) is 6.59. The Kier molecular flexibility index (Phi) is 10.3. The lowest BCUT2D eigenvalue weighted by Gasteiger charge is -2.23. The minimum absolute atomic E-state index is 0. The minimum atomic E-state index is -0.116. The molecule has 0 heterocycles. The molecular formula is C17H28Cl2N2O2. The first-order chi connectivity index (χ1) is 10.3. The summed E-state index contributed by atoms with van der Waals surface area (Å²) in [7, 11) is 1.62. The lowest BCUT2D eigenvalue weighted by molar-refractivity contribution is -0.122. The van der Waals surface area contributed by atoms with Gasteiger partial charge in [0.15, 0.2) is 0 Å². The van der Waals surface area contributed by atoms with Gasteiger partial charge in [0.05, 0.1) is 13.2 Å². The molecule has 1 rings (SSSR count). The molecule has 132 valence electrons. The van der Waals surface area contributed by atoms with Gasteiger partial charge in [-0.05, 0) is 43.9 Å². The third-order valence-electron chi connectivity index (χ3n) is 3.44. The SMILES string of the molecule is COc1ccc(Cl)cc1C(CC(C)C)NC(=O)CCC(C)N.Cl. The zero-order valence-electron chi connectivity index (χ0n) is 14.3. The number of hydrogen-bond acceptors (Lipinski definition) is 3. The Balaban J connectivity index is 0.00000484. The fourth-order valence-electron chi connectivity index (χ4n) is 2.34. The number of methoxy groups -OCH3 is 1. The van der Waals surface area contributed by atoms with Gasteiger partial charge in [-0.2, -0.15) is 0 Å². The molecule has 2 atom stereocenters. The van der Waals surface area contributed by atoms with Gasteiger partial charge >= 0.3 is 0 Å². The Hall–Kier alpha value is -0.970. The van der Waals surface area contributed by atoms with Crippen LogP contribution in [0.4, 0.5) is 0 Å². The van der Waals surface area contributed by atoms with E-state index in [2.05, 4.69) is 19.2 Å². The van der Waals surface area contributed by atoms with E-state index >= 15 is 0 Å². The lowest BCUT2D eigenvalue weighted by atomic mass is 9.96. The number of carbonyl (C=O) groups excluding carboxylic acids is 1. The molecule has 0 aliphatic carbocycles. The van der Waals surface area contributed by atoms with E-state index in [1.54, 1.807) is 13.2 Å². The Morgan fingerprint density at radius 1 is 1.35 bits per heavy atom. The molecule has 23 heavy (non-hydrogen) atoms. The summed E-state index contributed by atoms with van der Waals surface area (Å²) in [5, 5.41) is 3.72. The fourth-order valence-corrected chi connectivity index (χ4v) is 2.52. The van der Waals surface area contributed by atoms with Crippen LogP contribution in [0.1, 0.15) is 51.6 Å². The van der Waals surface area contributed by atoms with Crippen LogP contribution in [0.25, 0.3) is 0 Å². The predicted octanol–water partition coefficient (Wildman–Crippen LogP) is 4.10. The van der Waals surface area contributed by atoms with Crippen molar-refractivity contribution in [2.24, 2.45) is 11.7 Å². The molecule has 0 bridgehead atoms. The number of hydrogen-bond donors (Lipinski definition) is 2. The Labute approximate surface area is 150 Å². The lowest BCUT2D eigenvalue weighted by Crippen LogP contribution is -2.31. The van der Waals surface area contributed by atoms with Crippen LogP contribution in [0, 0.1) is 5.92 Å². The highest BCUT2D eigenvalue weighted by atomic mass is 35.5. The molecule has 0 aromatic heterocycles. The van der Waals surface area contributed by atoms with Gasteiger partial charge in [-0.25, -0.2) is 0 Å². The van der Waals surface area contributed by atoms with E-state index in [1.807, 2.05) is 19.1 Å². The number of halogens is 2.